The molecule has 1 fully saturated rings. The van der Waals surface area contributed by atoms with E-state index in [4.69, 9.17) is 23.2 Å². The molecule has 1 aliphatic carbocycles. The van der Waals surface area contributed by atoms with Crippen LogP contribution in [-0.2, 0) is 6.54 Å². The molecule has 1 heterocycles. The van der Waals surface area contributed by atoms with E-state index in [1.165, 1.54) is 24.0 Å². The van der Waals surface area contributed by atoms with E-state index in [1.54, 1.807) is 6.33 Å². The summed E-state index contributed by atoms with van der Waals surface area (Å²) < 4.78 is 1.95. The summed E-state index contributed by atoms with van der Waals surface area (Å²) in [7, 11) is 0. The SMILES string of the molecule is Clc1cn(Cc2ccc(C3CC3)c(Cl)c2)cn1. The van der Waals surface area contributed by atoms with E-state index < -0.39 is 0 Å². The van der Waals surface area contributed by atoms with Crippen LogP contribution in [0.2, 0.25) is 10.2 Å². The van der Waals surface area contributed by atoms with Gasteiger partial charge in [-0.05, 0) is 36.0 Å². The quantitative estimate of drug-likeness (QED) is 0.818. The largest absolute Gasteiger partial charge is 0.331 e. The van der Waals surface area contributed by atoms with Crippen LogP contribution >= 0.6 is 23.2 Å². The van der Waals surface area contributed by atoms with Gasteiger partial charge in [0, 0.05) is 17.8 Å². The minimum absolute atomic E-state index is 0.519. The smallest absolute Gasteiger partial charge is 0.146 e. The lowest BCUT2D eigenvalue weighted by atomic mass is 10.1. The van der Waals surface area contributed by atoms with Crippen molar-refractivity contribution in [1.29, 1.82) is 0 Å². The zero-order valence-electron chi connectivity index (χ0n) is 9.24. The molecule has 1 saturated carbocycles. The molecule has 0 atom stereocenters. The van der Waals surface area contributed by atoms with Crippen molar-refractivity contribution in [2.75, 3.05) is 0 Å². The Morgan fingerprint density at radius 1 is 1.29 bits per heavy atom. The van der Waals surface area contributed by atoms with E-state index in [9.17, 15) is 0 Å². The van der Waals surface area contributed by atoms with Crippen molar-refractivity contribution in [2.24, 2.45) is 0 Å². The van der Waals surface area contributed by atoms with Gasteiger partial charge in [0.25, 0.3) is 0 Å². The number of imidazole rings is 1. The highest BCUT2D eigenvalue weighted by molar-refractivity contribution is 6.31. The topological polar surface area (TPSA) is 17.8 Å². The van der Waals surface area contributed by atoms with Gasteiger partial charge in [-0.1, -0.05) is 35.3 Å². The molecule has 0 amide bonds. The van der Waals surface area contributed by atoms with E-state index in [0.717, 1.165) is 11.6 Å². The molecule has 0 radical (unpaired) electrons. The van der Waals surface area contributed by atoms with E-state index in [1.807, 2.05) is 16.8 Å². The van der Waals surface area contributed by atoms with Gasteiger partial charge in [-0.2, -0.15) is 0 Å². The first-order valence-corrected chi connectivity index (χ1v) is 6.43. The Hall–Kier alpha value is -0.990. The van der Waals surface area contributed by atoms with Crippen LogP contribution < -0.4 is 0 Å². The van der Waals surface area contributed by atoms with Gasteiger partial charge in [0.1, 0.15) is 5.15 Å². The van der Waals surface area contributed by atoms with Crippen LogP contribution in [0.1, 0.15) is 29.9 Å². The van der Waals surface area contributed by atoms with Gasteiger partial charge in [-0.25, -0.2) is 4.98 Å². The molecule has 0 spiro atoms. The number of nitrogens with zero attached hydrogens (tertiary/aromatic N) is 2. The van der Waals surface area contributed by atoms with Gasteiger partial charge >= 0.3 is 0 Å². The van der Waals surface area contributed by atoms with Crippen molar-refractivity contribution < 1.29 is 0 Å². The van der Waals surface area contributed by atoms with Gasteiger partial charge in [0.05, 0.1) is 6.33 Å². The highest BCUT2D eigenvalue weighted by Crippen LogP contribution is 2.43. The number of benzene rings is 1. The molecule has 0 N–H and O–H groups in total. The summed E-state index contributed by atoms with van der Waals surface area (Å²) in [6.45, 7) is 0.754. The minimum Gasteiger partial charge on any atom is -0.331 e. The summed E-state index contributed by atoms with van der Waals surface area (Å²) in [5.41, 5.74) is 2.47. The van der Waals surface area contributed by atoms with Crippen LogP contribution in [0.4, 0.5) is 0 Å². The van der Waals surface area contributed by atoms with E-state index in [0.29, 0.717) is 11.1 Å². The number of halogens is 2. The lowest BCUT2D eigenvalue weighted by Crippen LogP contribution is -1.97. The molecule has 1 aromatic carbocycles. The molecule has 17 heavy (non-hydrogen) atoms. The second-order valence-corrected chi connectivity index (χ2v) is 5.29. The fraction of sp³-hybridized carbons (Fsp3) is 0.308. The maximum absolute atomic E-state index is 6.28. The van der Waals surface area contributed by atoms with Gasteiger partial charge in [0.2, 0.25) is 0 Å². The predicted molar refractivity (Wildman–Crippen MR) is 69.8 cm³/mol. The molecule has 2 nitrogen and oxygen atoms in total. The Morgan fingerprint density at radius 2 is 2.12 bits per heavy atom. The van der Waals surface area contributed by atoms with Crippen LogP contribution in [0.5, 0.6) is 0 Å². The monoisotopic (exact) mass is 266 g/mol. The molecule has 0 bridgehead atoms. The number of hydrogen-bond donors (Lipinski definition) is 0. The van der Waals surface area contributed by atoms with Gasteiger partial charge in [-0.15, -0.1) is 0 Å². The molecule has 0 unspecified atom stereocenters. The molecule has 0 saturated heterocycles. The molecule has 88 valence electrons. The summed E-state index contributed by atoms with van der Waals surface area (Å²) in [4.78, 5) is 3.99. The van der Waals surface area contributed by atoms with Crippen molar-refractivity contribution >= 4 is 23.2 Å². The summed E-state index contributed by atoms with van der Waals surface area (Å²) in [6, 6.07) is 6.32. The first-order chi connectivity index (χ1) is 8.22. The lowest BCUT2D eigenvalue weighted by Gasteiger charge is -2.06. The van der Waals surface area contributed by atoms with E-state index >= 15 is 0 Å². The van der Waals surface area contributed by atoms with Crippen molar-refractivity contribution in [3.63, 3.8) is 0 Å². The lowest BCUT2D eigenvalue weighted by molar-refractivity contribution is 0.797. The molecule has 1 aliphatic rings. The Morgan fingerprint density at radius 3 is 2.71 bits per heavy atom. The summed E-state index contributed by atoms with van der Waals surface area (Å²) in [6.07, 6.45) is 6.09. The van der Waals surface area contributed by atoms with Crippen molar-refractivity contribution in [1.82, 2.24) is 9.55 Å². The molecular weight excluding hydrogens is 255 g/mol. The second kappa shape index (κ2) is 4.35. The Balaban J connectivity index is 1.81. The molecular formula is C13H12Cl2N2. The Kier molecular flexibility index (Phi) is 2.85. The van der Waals surface area contributed by atoms with Crippen molar-refractivity contribution in [3.8, 4) is 0 Å². The van der Waals surface area contributed by atoms with Gasteiger partial charge in [-0.3, -0.25) is 0 Å². The molecule has 3 rings (SSSR count). The Labute approximate surface area is 110 Å². The number of rotatable bonds is 3. The van der Waals surface area contributed by atoms with Gasteiger partial charge < -0.3 is 4.57 Å². The van der Waals surface area contributed by atoms with E-state index in [-0.39, 0.29) is 0 Å². The average molecular weight is 267 g/mol. The van der Waals surface area contributed by atoms with Gasteiger partial charge in [0.15, 0.2) is 0 Å². The minimum atomic E-state index is 0.519. The van der Waals surface area contributed by atoms with Crippen molar-refractivity contribution in [3.05, 3.63) is 52.0 Å². The molecule has 0 aliphatic heterocycles. The highest BCUT2D eigenvalue weighted by Gasteiger charge is 2.25. The standard InChI is InChI=1S/C13H12Cl2N2/c14-12-5-9(1-4-11(12)10-2-3-10)6-17-7-13(15)16-8-17/h1,4-5,7-8,10H,2-3,6H2. The van der Waals surface area contributed by atoms with Crippen LogP contribution in [0, 0.1) is 0 Å². The number of hydrogen-bond acceptors (Lipinski definition) is 1. The fourth-order valence-corrected chi connectivity index (χ4v) is 2.55. The summed E-state index contributed by atoms with van der Waals surface area (Å²) >= 11 is 12.1. The maximum Gasteiger partial charge on any atom is 0.146 e. The van der Waals surface area contributed by atoms with Crippen LogP contribution in [0.25, 0.3) is 0 Å². The average Bonchev–Trinajstić information content (AvgIpc) is 3.04. The van der Waals surface area contributed by atoms with Crippen molar-refractivity contribution in [2.45, 2.75) is 25.3 Å². The second-order valence-electron chi connectivity index (χ2n) is 4.50. The number of aromatic nitrogens is 2. The normalized spacial score (nSPS) is 15.2. The zero-order chi connectivity index (χ0) is 11.8. The first-order valence-electron chi connectivity index (χ1n) is 5.68. The summed E-state index contributed by atoms with van der Waals surface area (Å²) in [5.74, 6) is 0.694. The third-order valence-corrected chi connectivity index (χ3v) is 3.57. The zero-order valence-corrected chi connectivity index (χ0v) is 10.7. The van der Waals surface area contributed by atoms with Crippen LogP contribution in [-0.4, -0.2) is 9.55 Å². The van der Waals surface area contributed by atoms with Crippen LogP contribution in [0.3, 0.4) is 0 Å². The summed E-state index contributed by atoms with van der Waals surface area (Å²) in [5, 5.41) is 1.40. The first kappa shape index (κ1) is 11.1. The third-order valence-electron chi connectivity index (χ3n) is 3.05. The highest BCUT2D eigenvalue weighted by atomic mass is 35.5. The third kappa shape index (κ3) is 2.48. The Bertz CT molecular complexity index is 544. The maximum atomic E-state index is 6.28. The molecule has 4 heteroatoms. The van der Waals surface area contributed by atoms with E-state index in [2.05, 4.69) is 17.1 Å². The predicted octanol–water partition coefficient (Wildman–Crippen LogP) is 4.12. The molecule has 1 aromatic heterocycles. The molecule has 2 aromatic rings. The van der Waals surface area contributed by atoms with Crippen LogP contribution in [0.15, 0.2) is 30.7 Å². The fourth-order valence-electron chi connectivity index (χ4n) is 2.02.